The Kier molecular flexibility index (Phi) is 2.22. The highest BCUT2D eigenvalue weighted by atomic mass is 32.2. The minimum absolute atomic E-state index is 0.227. The molecule has 14 heavy (non-hydrogen) atoms. The first-order valence-corrected chi connectivity index (χ1v) is 6.35. The minimum Gasteiger partial charge on any atom is -0.357 e. The highest BCUT2D eigenvalue weighted by Gasteiger charge is 2.14. The summed E-state index contributed by atoms with van der Waals surface area (Å²) < 4.78 is 0. The molecule has 2 aromatic rings. The van der Waals surface area contributed by atoms with Gasteiger partial charge in [-0.1, -0.05) is 0 Å². The van der Waals surface area contributed by atoms with E-state index in [0.29, 0.717) is 0 Å². The molecule has 0 aliphatic rings. The van der Waals surface area contributed by atoms with E-state index in [2.05, 4.69) is 23.6 Å². The van der Waals surface area contributed by atoms with Crippen molar-refractivity contribution < 1.29 is 0 Å². The van der Waals surface area contributed by atoms with Crippen molar-refractivity contribution in [2.75, 3.05) is 12.5 Å². The zero-order chi connectivity index (χ0) is 10.1. The molecule has 0 aliphatic carbocycles. The van der Waals surface area contributed by atoms with E-state index in [1.54, 1.807) is 0 Å². The van der Waals surface area contributed by atoms with Crippen LogP contribution in [0.25, 0.3) is 10.9 Å². The van der Waals surface area contributed by atoms with Crippen molar-refractivity contribution in [3.8, 4) is 6.07 Å². The van der Waals surface area contributed by atoms with E-state index in [9.17, 15) is 0 Å². The molecule has 0 radical (unpaired) electrons. The van der Waals surface area contributed by atoms with Crippen LogP contribution >= 0.6 is 0 Å². The van der Waals surface area contributed by atoms with Gasteiger partial charge in [-0.05, 0) is 18.2 Å². The molecule has 1 N–H and O–H groups in total. The van der Waals surface area contributed by atoms with Crippen LogP contribution < -0.4 is 0 Å². The number of nitrogens with one attached hydrogen (secondary N) is 1. The zero-order valence-corrected chi connectivity index (χ0v) is 8.98. The minimum atomic E-state index is 0.227. The van der Waals surface area contributed by atoms with Gasteiger partial charge in [-0.25, -0.2) is 0 Å². The summed E-state index contributed by atoms with van der Waals surface area (Å²) >= 11 is 0. The fourth-order valence-electron chi connectivity index (χ4n) is 1.50. The Labute approximate surface area is 85.9 Å². The molecule has 0 saturated carbocycles. The monoisotopic (exact) mass is 203 g/mol. The molecule has 1 aromatic heterocycles. The maximum Gasteiger partial charge on any atom is 0.179 e. The molecule has 0 spiro atoms. The van der Waals surface area contributed by atoms with E-state index in [-0.39, 0.29) is 10.9 Å². The Morgan fingerprint density at radius 3 is 2.79 bits per heavy atom. The summed E-state index contributed by atoms with van der Waals surface area (Å²) in [6.45, 7) is 0. The molecular weight excluding hydrogens is 192 g/mol. The van der Waals surface area contributed by atoms with E-state index in [0.717, 1.165) is 11.1 Å². The van der Waals surface area contributed by atoms with E-state index >= 15 is 0 Å². The quantitative estimate of drug-likeness (QED) is 0.710. The summed E-state index contributed by atoms with van der Waals surface area (Å²) in [5, 5.41) is 9.98. The summed E-state index contributed by atoms with van der Waals surface area (Å²) in [5.74, 6) is 0. The Bertz CT molecular complexity index is 505. The van der Waals surface area contributed by atoms with Crippen LogP contribution in [-0.2, 0) is 10.9 Å². The van der Waals surface area contributed by atoms with Crippen LogP contribution in [0.2, 0.25) is 0 Å². The van der Waals surface area contributed by atoms with E-state index in [1.165, 1.54) is 10.3 Å². The molecule has 2 rings (SSSR count). The lowest BCUT2D eigenvalue weighted by Gasteiger charge is -1.94. The molecule has 0 amide bonds. The largest absolute Gasteiger partial charge is 0.357 e. The summed E-state index contributed by atoms with van der Waals surface area (Å²) in [4.78, 5) is 4.52. The van der Waals surface area contributed by atoms with Gasteiger partial charge in [-0.3, -0.25) is 0 Å². The van der Waals surface area contributed by atoms with Gasteiger partial charge < -0.3 is 4.98 Å². The average molecular weight is 203 g/mol. The SMILES string of the molecule is C[S+](C)c1c[nH]c2ccc(C#N)cc12. The third-order valence-corrected chi connectivity index (χ3v) is 3.43. The topological polar surface area (TPSA) is 39.6 Å². The third kappa shape index (κ3) is 1.38. The summed E-state index contributed by atoms with van der Waals surface area (Å²) in [6, 6.07) is 7.92. The zero-order valence-electron chi connectivity index (χ0n) is 8.16. The third-order valence-electron chi connectivity index (χ3n) is 2.21. The smallest absolute Gasteiger partial charge is 0.179 e. The number of nitriles is 1. The predicted molar refractivity (Wildman–Crippen MR) is 60.5 cm³/mol. The van der Waals surface area contributed by atoms with Gasteiger partial charge in [0.15, 0.2) is 4.90 Å². The van der Waals surface area contributed by atoms with Gasteiger partial charge in [0.2, 0.25) is 0 Å². The first kappa shape index (κ1) is 9.17. The van der Waals surface area contributed by atoms with Gasteiger partial charge in [0.05, 0.1) is 28.7 Å². The number of fused-ring (bicyclic) bond motifs is 1. The molecular formula is C11H11N2S+. The summed E-state index contributed by atoms with van der Waals surface area (Å²) in [6.07, 6.45) is 6.40. The summed E-state index contributed by atoms with van der Waals surface area (Å²) in [5.41, 5.74) is 1.84. The van der Waals surface area contributed by atoms with Crippen LogP contribution in [0.5, 0.6) is 0 Å². The number of nitrogens with zero attached hydrogens (tertiary/aromatic N) is 1. The molecule has 3 heteroatoms. The maximum absolute atomic E-state index is 8.81. The fraction of sp³-hybridized carbons (Fsp3) is 0.182. The Morgan fingerprint density at radius 2 is 2.14 bits per heavy atom. The molecule has 0 fully saturated rings. The van der Waals surface area contributed by atoms with Crippen molar-refractivity contribution in [2.24, 2.45) is 0 Å². The van der Waals surface area contributed by atoms with E-state index in [1.807, 2.05) is 24.4 Å². The van der Waals surface area contributed by atoms with Crippen LogP contribution in [-0.4, -0.2) is 17.5 Å². The highest BCUT2D eigenvalue weighted by molar-refractivity contribution is 7.95. The van der Waals surface area contributed by atoms with Crippen LogP contribution in [0.3, 0.4) is 0 Å². The van der Waals surface area contributed by atoms with Crippen LogP contribution in [0, 0.1) is 11.3 Å². The van der Waals surface area contributed by atoms with Crippen molar-refractivity contribution in [3.63, 3.8) is 0 Å². The molecule has 0 saturated heterocycles. The molecule has 0 aliphatic heterocycles. The molecule has 0 unspecified atom stereocenters. The van der Waals surface area contributed by atoms with E-state index in [4.69, 9.17) is 5.26 Å². The van der Waals surface area contributed by atoms with Crippen molar-refractivity contribution in [1.29, 1.82) is 5.26 Å². The molecule has 1 aromatic carbocycles. The Hall–Kier alpha value is -1.40. The second kappa shape index (κ2) is 3.39. The molecule has 1 heterocycles. The molecule has 0 bridgehead atoms. The van der Waals surface area contributed by atoms with Crippen LogP contribution in [0.4, 0.5) is 0 Å². The van der Waals surface area contributed by atoms with Crippen molar-refractivity contribution in [1.82, 2.24) is 4.98 Å². The van der Waals surface area contributed by atoms with Gasteiger partial charge in [0.25, 0.3) is 0 Å². The fourth-order valence-corrected chi connectivity index (χ4v) is 2.41. The average Bonchev–Trinajstić information content (AvgIpc) is 2.59. The van der Waals surface area contributed by atoms with Crippen LogP contribution in [0.1, 0.15) is 5.56 Å². The number of rotatable bonds is 1. The normalized spacial score (nSPS) is 10.7. The van der Waals surface area contributed by atoms with Gasteiger partial charge in [0, 0.05) is 10.9 Å². The second-order valence-electron chi connectivity index (χ2n) is 3.34. The van der Waals surface area contributed by atoms with E-state index < -0.39 is 0 Å². The Balaban J connectivity index is 2.71. The first-order chi connectivity index (χ1) is 6.72. The number of hydrogen-bond donors (Lipinski definition) is 1. The molecule has 70 valence electrons. The van der Waals surface area contributed by atoms with Gasteiger partial charge in [-0.2, -0.15) is 5.26 Å². The van der Waals surface area contributed by atoms with Crippen LogP contribution in [0.15, 0.2) is 29.3 Å². The standard InChI is InChI=1S/C11H11N2S/c1-14(2)11-7-13-10-4-3-8(6-12)5-9(10)11/h3-5,7,13H,1-2H3/q+1. The lowest BCUT2D eigenvalue weighted by molar-refractivity contribution is 1.41. The van der Waals surface area contributed by atoms with Crippen molar-refractivity contribution >= 4 is 21.8 Å². The number of aromatic nitrogens is 1. The maximum atomic E-state index is 8.81. The lowest BCUT2D eigenvalue weighted by Crippen LogP contribution is -1.93. The van der Waals surface area contributed by atoms with Gasteiger partial charge >= 0.3 is 0 Å². The number of H-pyrrole nitrogens is 1. The highest BCUT2D eigenvalue weighted by Crippen LogP contribution is 2.23. The number of benzene rings is 1. The number of aromatic amines is 1. The second-order valence-corrected chi connectivity index (χ2v) is 5.41. The van der Waals surface area contributed by atoms with Crippen molar-refractivity contribution in [2.45, 2.75) is 4.90 Å². The summed E-state index contributed by atoms with van der Waals surface area (Å²) in [7, 11) is 0.227. The van der Waals surface area contributed by atoms with Crippen molar-refractivity contribution in [3.05, 3.63) is 30.0 Å². The lowest BCUT2D eigenvalue weighted by atomic mass is 10.2. The predicted octanol–water partition coefficient (Wildman–Crippen LogP) is 2.28. The number of hydrogen-bond acceptors (Lipinski definition) is 1. The molecule has 0 atom stereocenters. The van der Waals surface area contributed by atoms with Gasteiger partial charge in [0.1, 0.15) is 12.5 Å². The van der Waals surface area contributed by atoms with Gasteiger partial charge in [-0.15, -0.1) is 0 Å². The Morgan fingerprint density at radius 1 is 1.36 bits per heavy atom. The molecule has 2 nitrogen and oxygen atoms in total. The first-order valence-electron chi connectivity index (χ1n) is 4.31.